The monoisotopic (exact) mass is 352 g/mol. The molecule has 25 heavy (non-hydrogen) atoms. The maximum absolute atomic E-state index is 12.5. The molecule has 10 heteroatoms. The number of nitrogens with one attached hydrogen (secondary N) is 2. The van der Waals surface area contributed by atoms with E-state index < -0.39 is 18.0 Å². The van der Waals surface area contributed by atoms with Crippen LogP contribution >= 0.6 is 0 Å². The van der Waals surface area contributed by atoms with Gasteiger partial charge in [0.05, 0.1) is 26.4 Å². The Morgan fingerprint density at radius 3 is 2.36 bits per heavy atom. The van der Waals surface area contributed by atoms with Crippen molar-refractivity contribution < 1.29 is 28.5 Å². The molecule has 0 fully saturated rings. The summed E-state index contributed by atoms with van der Waals surface area (Å²) in [6.07, 6.45) is 1.26. The minimum absolute atomic E-state index is 0.0757. The van der Waals surface area contributed by atoms with Crippen LogP contribution in [-0.4, -0.2) is 56.5 Å². The molecule has 0 bridgehead atoms. The van der Waals surface area contributed by atoms with Crippen molar-refractivity contribution in [3.05, 3.63) is 23.2 Å². The zero-order valence-electron chi connectivity index (χ0n) is 14.4. The zero-order chi connectivity index (χ0) is 18.4. The van der Waals surface area contributed by atoms with Gasteiger partial charge in [-0.3, -0.25) is 0 Å². The summed E-state index contributed by atoms with van der Waals surface area (Å²) in [6.45, 7) is 1.93. The molecular formula is C15H20N4O6. The third-order valence-electron chi connectivity index (χ3n) is 3.50. The van der Waals surface area contributed by atoms with Gasteiger partial charge >= 0.3 is 12.0 Å². The normalized spacial score (nSPS) is 16.8. The quantitative estimate of drug-likeness (QED) is 0.531. The molecule has 0 unspecified atom stereocenters. The second-order valence-electron chi connectivity index (χ2n) is 5.00. The number of allylic oxidation sites excluding steroid dienone is 1. The van der Waals surface area contributed by atoms with Crippen molar-refractivity contribution in [1.29, 1.82) is 0 Å². The number of rotatable bonds is 7. The van der Waals surface area contributed by atoms with E-state index in [1.54, 1.807) is 6.92 Å². The Balaban J connectivity index is 2.48. The van der Waals surface area contributed by atoms with E-state index in [-0.39, 0.29) is 30.5 Å². The SMILES string of the molecule is COCCOC(=O)C1=C(C)NC(=O)N[C@@H]1c1c(OC)ncnc1OC. The third kappa shape index (κ3) is 3.97. The predicted octanol–water partition coefficient (Wildman–Crippen LogP) is 0.311. The number of ether oxygens (including phenoxy) is 4. The van der Waals surface area contributed by atoms with Gasteiger partial charge in [-0.25, -0.2) is 19.6 Å². The van der Waals surface area contributed by atoms with Crippen LogP contribution in [0.5, 0.6) is 11.8 Å². The highest BCUT2D eigenvalue weighted by atomic mass is 16.6. The van der Waals surface area contributed by atoms with Crippen molar-refractivity contribution in [3.8, 4) is 11.8 Å². The molecule has 0 aliphatic carbocycles. The van der Waals surface area contributed by atoms with Crippen LogP contribution in [0.4, 0.5) is 4.79 Å². The lowest BCUT2D eigenvalue weighted by Gasteiger charge is -2.29. The van der Waals surface area contributed by atoms with Crippen molar-refractivity contribution in [3.63, 3.8) is 0 Å². The smallest absolute Gasteiger partial charge is 0.338 e. The molecule has 1 aliphatic rings. The van der Waals surface area contributed by atoms with Crippen molar-refractivity contribution in [2.75, 3.05) is 34.5 Å². The fraction of sp³-hybridized carbons (Fsp3) is 0.467. The number of methoxy groups -OCH3 is 3. The van der Waals surface area contributed by atoms with Gasteiger partial charge in [-0.15, -0.1) is 0 Å². The number of nitrogens with zero attached hydrogens (tertiary/aromatic N) is 2. The average molecular weight is 352 g/mol. The van der Waals surface area contributed by atoms with E-state index in [0.29, 0.717) is 11.3 Å². The van der Waals surface area contributed by atoms with Gasteiger partial charge in [-0.1, -0.05) is 0 Å². The first-order valence-corrected chi connectivity index (χ1v) is 7.40. The van der Waals surface area contributed by atoms with Crippen molar-refractivity contribution in [2.24, 2.45) is 0 Å². The molecule has 0 saturated heterocycles. The van der Waals surface area contributed by atoms with Gasteiger partial charge in [0.2, 0.25) is 11.8 Å². The molecule has 10 nitrogen and oxygen atoms in total. The van der Waals surface area contributed by atoms with Crippen LogP contribution in [0.3, 0.4) is 0 Å². The average Bonchev–Trinajstić information content (AvgIpc) is 2.60. The van der Waals surface area contributed by atoms with E-state index in [9.17, 15) is 9.59 Å². The predicted molar refractivity (Wildman–Crippen MR) is 85.1 cm³/mol. The lowest BCUT2D eigenvalue weighted by molar-refractivity contribution is -0.140. The Morgan fingerprint density at radius 2 is 1.80 bits per heavy atom. The molecule has 1 atom stereocenters. The Morgan fingerprint density at radius 1 is 1.16 bits per heavy atom. The van der Waals surface area contributed by atoms with E-state index in [0.717, 1.165) is 0 Å². The van der Waals surface area contributed by atoms with Crippen LogP contribution < -0.4 is 20.1 Å². The van der Waals surface area contributed by atoms with E-state index in [2.05, 4.69) is 20.6 Å². The van der Waals surface area contributed by atoms with E-state index in [1.807, 2.05) is 0 Å². The number of urea groups is 1. The summed E-state index contributed by atoms with van der Waals surface area (Å²) in [6, 6.07) is -1.38. The number of carbonyl (C=O) groups is 2. The summed E-state index contributed by atoms with van der Waals surface area (Å²) in [5.41, 5.74) is 0.867. The topological polar surface area (TPSA) is 121 Å². The molecule has 1 aliphatic heterocycles. The first-order valence-electron chi connectivity index (χ1n) is 7.40. The van der Waals surface area contributed by atoms with E-state index >= 15 is 0 Å². The van der Waals surface area contributed by atoms with Crippen molar-refractivity contribution in [2.45, 2.75) is 13.0 Å². The van der Waals surface area contributed by atoms with E-state index in [1.165, 1.54) is 27.7 Å². The number of esters is 1. The van der Waals surface area contributed by atoms with E-state index in [4.69, 9.17) is 18.9 Å². The summed E-state index contributed by atoms with van der Waals surface area (Å²) in [5, 5.41) is 5.20. The maximum atomic E-state index is 12.5. The highest BCUT2D eigenvalue weighted by molar-refractivity contribution is 5.95. The first-order chi connectivity index (χ1) is 12.0. The Kier molecular flexibility index (Phi) is 6.12. The molecular weight excluding hydrogens is 332 g/mol. The fourth-order valence-corrected chi connectivity index (χ4v) is 2.41. The lowest BCUT2D eigenvalue weighted by atomic mass is 9.96. The Hall–Kier alpha value is -2.88. The molecule has 0 spiro atoms. The molecule has 136 valence electrons. The maximum Gasteiger partial charge on any atom is 0.338 e. The van der Waals surface area contributed by atoms with Crippen LogP contribution in [0.15, 0.2) is 17.6 Å². The Bertz CT molecular complexity index is 668. The fourth-order valence-electron chi connectivity index (χ4n) is 2.41. The van der Waals surface area contributed by atoms with Crippen molar-refractivity contribution in [1.82, 2.24) is 20.6 Å². The van der Waals surface area contributed by atoms with Gasteiger partial charge < -0.3 is 29.6 Å². The van der Waals surface area contributed by atoms with Gasteiger partial charge in [-0.2, -0.15) is 0 Å². The minimum Gasteiger partial charge on any atom is -0.481 e. The molecule has 2 rings (SSSR count). The zero-order valence-corrected chi connectivity index (χ0v) is 14.4. The Labute approximate surface area is 144 Å². The lowest BCUT2D eigenvalue weighted by Crippen LogP contribution is -2.45. The number of aromatic nitrogens is 2. The molecule has 0 saturated carbocycles. The summed E-state index contributed by atoms with van der Waals surface area (Å²) in [5.74, 6) is -0.261. The van der Waals surface area contributed by atoms with Gasteiger partial charge in [0.1, 0.15) is 24.5 Å². The summed E-state index contributed by atoms with van der Waals surface area (Å²) in [4.78, 5) is 32.5. The molecule has 1 aromatic heterocycles. The van der Waals surface area contributed by atoms with Crippen molar-refractivity contribution >= 4 is 12.0 Å². The number of hydrogen-bond acceptors (Lipinski definition) is 8. The number of amides is 2. The molecule has 0 aromatic carbocycles. The van der Waals surface area contributed by atoms with Crippen LogP contribution in [-0.2, 0) is 14.3 Å². The molecule has 2 N–H and O–H groups in total. The second kappa shape index (κ2) is 8.29. The highest BCUT2D eigenvalue weighted by Crippen LogP contribution is 2.37. The van der Waals surface area contributed by atoms with Gasteiger partial charge in [-0.05, 0) is 6.92 Å². The number of hydrogen-bond donors (Lipinski definition) is 2. The minimum atomic E-state index is -0.894. The largest absolute Gasteiger partial charge is 0.481 e. The summed E-state index contributed by atoms with van der Waals surface area (Å²) in [7, 11) is 4.34. The summed E-state index contributed by atoms with van der Waals surface area (Å²) < 4.78 is 20.5. The molecule has 0 radical (unpaired) electrons. The van der Waals surface area contributed by atoms with Crippen LogP contribution in [0, 0.1) is 0 Å². The van der Waals surface area contributed by atoms with Gasteiger partial charge in [0.25, 0.3) is 0 Å². The highest BCUT2D eigenvalue weighted by Gasteiger charge is 2.37. The van der Waals surface area contributed by atoms with Crippen LogP contribution in [0.2, 0.25) is 0 Å². The van der Waals surface area contributed by atoms with Gasteiger partial charge in [0.15, 0.2) is 0 Å². The number of carbonyl (C=O) groups excluding carboxylic acids is 2. The molecule has 2 amide bonds. The van der Waals surface area contributed by atoms with Crippen LogP contribution in [0.25, 0.3) is 0 Å². The second-order valence-corrected chi connectivity index (χ2v) is 5.00. The first kappa shape index (κ1) is 18.5. The summed E-state index contributed by atoms with van der Waals surface area (Å²) >= 11 is 0. The van der Waals surface area contributed by atoms with Crippen LogP contribution in [0.1, 0.15) is 18.5 Å². The molecule has 2 heterocycles. The standard InChI is InChI=1S/C15H20N4O6/c1-8-9(14(20)25-6-5-22-2)11(19-15(21)18-8)10-12(23-3)16-7-17-13(10)24-4/h7,11H,5-6H2,1-4H3,(H2,18,19,21)/t11-/m0/s1. The third-order valence-corrected chi connectivity index (χ3v) is 3.50. The van der Waals surface area contributed by atoms with Gasteiger partial charge in [0, 0.05) is 12.8 Å². The molecule has 1 aromatic rings.